The molecule has 5 rings (SSSR count). The quantitative estimate of drug-likeness (QED) is 0.330. The Kier molecular flexibility index (Phi) is 12.3. The molecule has 0 bridgehead atoms. The third-order valence-electron chi connectivity index (χ3n) is 10.3. The van der Waals surface area contributed by atoms with Crippen LogP contribution in [0.5, 0.6) is 0 Å². The lowest BCUT2D eigenvalue weighted by Crippen LogP contribution is -2.64. The Labute approximate surface area is 306 Å². The number of nitrogens with one attached hydrogen (secondary N) is 1. The average molecular weight is 724 g/mol. The first-order chi connectivity index (χ1) is 24.5. The smallest absolute Gasteiger partial charge is 0.410 e. The molecule has 284 valence electrons. The van der Waals surface area contributed by atoms with E-state index in [9.17, 15) is 23.6 Å². The standard InChI is InChI=1S/C39H54FN5O7/c1-26-20-43(31(21-42-16-17-51-24-27(42)2)22-44(26)37(50)52-38(3,4)5)23-34(46)45-25-39(6,36(49)41-15-7-8-35(47)48)32-14-11-29(19-33(32)45)18-28-9-12-30(40)13-10-28/h9-14,19,26-27,31H,7-8,15-18,20-25H2,1-6H3,(H,41,49)(H,47,48)/t26-,27-,31+,39-/m1/s1. The van der Waals surface area contributed by atoms with Gasteiger partial charge in [-0.05, 0) is 89.3 Å². The Morgan fingerprint density at radius 1 is 1.02 bits per heavy atom. The molecule has 2 saturated heterocycles. The maximum Gasteiger partial charge on any atom is 0.410 e. The third kappa shape index (κ3) is 9.47. The van der Waals surface area contributed by atoms with E-state index in [2.05, 4.69) is 22.0 Å². The van der Waals surface area contributed by atoms with Gasteiger partial charge in [-0.25, -0.2) is 9.18 Å². The number of nitrogens with zero attached hydrogens (tertiary/aromatic N) is 4. The van der Waals surface area contributed by atoms with Crippen molar-refractivity contribution in [2.24, 2.45) is 0 Å². The number of carboxylic acids is 1. The lowest BCUT2D eigenvalue weighted by Gasteiger charge is -2.47. The molecule has 12 nitrogen and oxygen atoms in total. The van der Waals surface area contributed by atoms with Gasteiger partial charge in [-0.15, -0.1) is 0 Å². The zero-order valence-corrected chi connectivity index (χ0v) is 31.3. The number of piperazine rings is 1. The maximum absolute atomic E-state index is 14.5. The van der Waals surface area contributed by atoms with Gasteiger partial charge in [-0.2, -0.15) is 0 Å². The molecule has 0 radical (unpaired) electrons. The summed E-state index contributed by atoms with van der Waals surface area (Å²) in [6, 6.07) is 11.9. The summed E-state index contributed by atoms with van der Waals surface area (Å²) in [5.74, 6) is -1.69. The van der Waals surface area contributed by atoms with Crippen LogP contribution in [-0.2, 0) is 35.7 Å². The summed E-state index contributed by atoms with van der Waals surface area (Å²) >= 11 is 0. The molecule has 0 unspecified atom stereocenters. The number of hydrogen-bond acceptors (Lipinski definition) is 8. The van der Waals surface area contributed by atoms with Gasteiger partial charge in [0.15, 0.2) is 0 Å². The van der Waals surface area contributed by atoms with E-state index in [1.165, 1.54) is 12.1 Å². The summed E-state index contributed by atoms with van der Waals surface area (Å²) in [6.07, 6.45) is 0.366. The molecule has 52 heavy (non-hydrogen) atoms. The van der Waals surface area contributed by atoms with Crippen molar-refractivity contribution >= 4 is 29.6 Å². The lowest BCUT2D eigenvalue weighted by molar-refractivity contribution is -0.137. The number of hydrogen-bond donors (Lipinski definition) is 2. The van der Waals surface area contributed by atoms with E-state index in [0.717, 1.165) is 17.7 Å². The number of rotatable bonds is 11. The second kappa shape index (κ2) is 16.3. The van der Waals surface area contributed by atoms with Crippen LogP contribution in [0.1, 0.15) is 71.1 Å². The van der Waals surface area contributed by atoms with E-state index in [-0.39, 0.29) is 67.9 Å². The Bertz CT molecular complexity index is 1610. The van der Waals surface area contributed by atoms with Crippen LogP contribution in [0, 0.1) is 5.82 Å². The summed E-state index contributed by atoms with van der Waals surface area (Å²) in [7, 11) is 0. The topological polar surface area (TPSA) is 132 Å². The fourth-order valence-corrected chi connectivity index (χ4v) is 7.37. The van der Waals surface area contributed by atoms with Crippen LogP contribution in [0.15, 0.2) is 42.5 Å². The molecule has 2 N–H and O–H groups in total. The molecule has 3 aliphatic rings. The van der Waals surface area contributed by atoms with Crippen LogP contribution in [0.4, 0.5) is 14.9 Å². The number of carbonyl (C=O) groups excluding carboxylic acids is 3. The Morgan fingerprint density at radius 3 is 2.40 bits per heavy atom. The molecule has 0 aliphatic carbocycles. The average Bonchev–Trinajstić information content (AvgIpc) is 3.38. The van der Waals surface area contributed by atoms with Crippen molar-refractivity contribution in [3.63, 3.8) is 0 Å². The second-order valence-electron chi connectivity index (χ2n) is 15.7. The third-order valence-corrected chi connectivity index (χ3v) is 10.3. The number of carboxylic acid groups (broad SMARTS) is 1. The van der Waals surface area contributed by atoms with Crippen molar-refractivity contribution in [1.82, 2.24) is 20.0 Å². The van der Waals surface area contributed by atoms with Crippen LogP contribution in [-0.4, -0.2) is 126 Å². The van der Waals surface area contributed by atoms with Crippen LogP contribution in [0.3, 0.4) is 0 Å². The van der Waals surface area contributed by atoms with Crippen molar-refractivity contribution < 1.29 is 38.1 Å². The molecule has 0 saturated carbocycles. The van der Waals surface area contributed by atoms with E-state index < -0.39 is 17.0 Å². The molecule has 4 atom stereocenters. The fourth-order valence-electron chi connectivity index (χ4n) is 7.37. The molecule has 3 amide bonds. The van der Waals surface area contributed by atoms with E-state index in [0.29, 0.717) is 56.9 Å². The number of anilines is 1. The Morgan fingerprint density at radius 2 is 1.73 bits per heavy atom. The zero-order valence-electron chi connectivity index (χ0n) is 31.3. The number of halogens is 1. The van der Waals surface area contributed by atoms with Gasteiger partial charge in [0, 0.05) is 69.5 Å². The largest absolute Gasteiger partial charge is 0.481 e. The lowest BCUT2D eigenvalue weighted by atomic mass is 9.83. The second-order valence-corrected chi connectivity index (χ2v) is 15.7. The maximum atomic E-state index is 14.5. The van der Waals surface area contributed by atoms with Gasteiger partial charge in [0.25, 0.3) is 0 Å². The SMILES string of the molecule is C[C@@H]1COCCN1C[C@H]1CN(C(=O)OC(C)(C)C)[C@H](C)CN1CC(=O)N1C[C@@](C)(C(=O)NCCCC(=O)O)c2ccc(Cc3ccc(F)cc3)cc21. The predicted molar refractivity (Wildman–Crippen MR) is 195 cm³/mol. The first kappa shape index (κ1) is 39.1. The minimum absolute atomic E-state index is 0.0606. The predicted octanol–water partition coefficient (Wildman–Crippen LogP) is 4.03. The number of benzene rings is 2. The molecular weight excluding hydrogens is 669 g/mol. The Hall–Kier alpha value is -4.07. The van der Waals surface area contributed by atoms with Gasteiger partial charge in [-0.1, -0.05) is 24.3 Å². The monoisotopic (exact) mass is 723 g/mol. The molecule has 2 fully saturated rings. The molecule has 3 aliphatic heterocycles. The molecule has 2 aromatic rings. The molecule has 2 aromatic carbocycles. The number of fused-ring (bicyclic) bond motifs is 1. The minimum atomic E-state index is -1.08. The fraction of sp³-hybridized carbons (Fsp3) is 0.590. The van der Waals surface area contributed by atoms with E-state index in [1.807, 2.05) is 52.8 Å². The molecule has 0 spiro atoms. The summed E-state index contributed by atoms with van der Waals surface area (Å²) in [5.41, 5.74) is 1.45. The van der Waals surface area contributed by atoms with Crippen molar-refractivity contribution in [1.29, 1.82) is 0 Å². The van der Waals surface area contributed by atoms with Crippen molar-refractivity contribution in [3.8, 4) is 0 Å². The highest BCUT2D eigenvalue weighted by molar-refractivity contribution is 6.03. The van der Waals surface area contributed by atoms with Gasteiger partial charge < -0.3 is 29.7 Å². The van der Waals surface area contributed by atoms with Crippen LogP contribution >= 0.6 is 0 Å². The number of aliphatic carboxylic acids is 1. The van der Waals surface area contributed by atoms with Gasteiger partial charge in [0.05, 0.1) is 25.2 Å². The molecule has 13 heteroatoms. The summed E-state index contributed by atoms with van der Waals surface area (Å²) in [4.78, 5) is 60.7. The molecular formula is C39H54FN5O7. The van der Waals surface area contributed by atoms with Gasteiger partial charge in [0.2, 0.25) is 11.8 Å². The van der Waals surface area contributed by atoms with Crippen LogP contribution in [0.25, 0.3) is 0 Å². The van der Waals surface area contributed by atoms with Crippen LogP contribution in [0.2, 0.25) is 0 Å². The number of ether oxygens (including phenoxy) is 2. The van der Waals surface area contributed by atoms with E-state index in [4.69, 9.17) is 14.6 Å². The van der Waals surface area contributed by atoms with E-state index >= 15 is 0 Å². The van der Waals surface area contributed by atoms with Gasteiger partial charge >= 0.3 is 12.1 Å². The zero-order chi connectivity index (χ0) is 37.8. The summed E-state index contributed by atoms with van der Waals surface area (Å²) in [6.45, 7) is 15.3. The molecule has 3 heterocycles. The number of morpholine rings is 1. The normalized spacial score (nSPS) is 24.0. The minimum Gasteiger partial charge on any atom is -0.481 e. The van der Waals surface area contributed by atoms with Crippen molar-refractivity contribution in [2.75, 3.05) is 63.9 Å². The first-order valence-corrected chi connectivity index (χ1v) is 18.3. The first-order valence-electron chi connectivity index (χ1n) is 18.3. The summed E-state index contributed by atoms with van der Waals surface area (Å²) in [5, 5.41) is 12.0. The highest BCUT2D eigenvalue weighted by atomic mass is 19.1. The van der Waals surface area contributed by atoms with Gasteiger partial charge in [0.1, 0.15) is 11.4 Å². The van der Waals surface area contributed by atoms with Crippen molar-refractivity contribution in [3.05, 3.63) is 65.0 Å². The van der Waals surface area contributed by atoms with E-state index in [1.54, 1.807) is 21.9 Å². The van der Waals surface area contributed by atoms with Crippen molar-refractivity contribution in [2.45, 2.75) is 89.9 Å². The number of carbonyl (C=O) groups is 4. The molecule has 0 aromatic heterocycles. The van der Waals surface area contributed by atoms with Crippen LogP contribution < -0.4 is 10.2 Å². The highest BCUT2D eigenvalue weighted by Crippen LogP contribution is 2.42. The van der Waals surface area contributed by atoms with Gasteiger partial charge in [-0.3, -0.25) is 24.2 Å². The number of amides is 3. The Balaban J connectivity index is 1.41. The highest BCUT2D eigenvalue weighted by Gasteiger charge is 2.47. The summed E-state index contributed by atoms with van der Waals surface area (Å²) < 4.78 is 25.1.